The summed E-state index contributed by atoms with van der Waals surface area (Å²) in [6.45, 7) is 0. The molecule has 108 valence electrons. The molecular formula is C18H17Br2N. The maximum Gasteiger partial charge on any atom is 0.0522 e. The van der Waals surface area contributed by atoms with E-state index in [0.29, 0.717) is 6.04 Å². The van der Waals surface area contributed by atoms with Crippen molar-refractivity contribution in [3.05, 3.63) is 69.6 Å². The molecule has 0 N–H and O–H groups in total. The summed E-state index contributed by atoms with van der Waals surface area (Å²) in [7, 11) is 0. The van der Waals surface area contributed by atoms with Crippen molar-refractivity contribution in [2.45, 2.75) is 25.3 Å². The first-order valence-corrected chi connectivity index (χ1v) is 8.80. The van der Waals surface area contributed by atoms with Crippen molar-refractivity contribution in [3.63, 3.8) is 0 Å². The van der Waals surface area contributed by atoms with Crippen LogP contribution in [0.15, 0.2) is 69.6 Å². The minimum absolute atomic E-state index is 0.432. The number of benzene rings is 2. The van der Waals surface area contributed by atoms with Crippen LogP contribution in [0.4, 0.5) is 11.4 Å². The van der Waals surface area contributed by atoms with Crippen molar-refractivity contribution < 1.29 is 0 Å². The summed E-state index contributed by atoms with van der Waals surface area (Å²) in [5.74, 6) is 0. The Balaban J connectivity index is 2.01. The van der Waals surface area contributed by atoms with Crippen molar-refractivity contribution in [2.24, 2.45) is 0 Å². The zero-order valence-corrected chi connectivity index (χ0v) is 14.8. The van der Waals surface area contributed by atoms with E-state index in [9.17, 15) is 0 Å². The number of hydrogen-bond acceptors (Lipinski definition) is 1. The van der Waals surface area contributed by atoms with Crippen molar-refractivity contribution in [3.8, 4) is 0 Å². The molecule has 1 nitrogen and oxygen atoms in total. The molecule has 1 unspecified atom stereocenters. The number of anilines is 2. The third-order valence-electron chi connectivity index (χ3n) is 3.77. The largest absolute Gasteiger partial charge is 0.335 e. The molecule has 1 aliphatic rings. The van der Waals surface area contributed by atoms with Gasteiger partial charge in [0.05, 0.1) is 6.04 Å². The first-order chi connectivity index (χ1) is 10.2. The monoisotopic (exact) mass is 405 g/mol. The zero-order chi connectivity index (χ0) is 14.7. The molecule has 21 heavy (non-hydrogen) atoms. The van der Waals surface area contributed by atoms with Crippen molar-refractivity contribution in [1.29, 1.82) is 0 Å². The van der Waals surface area contributed by atoms with Gasteiger partial charge in [-0.15, -0.1) is 0 Å². The predicted octanol–water partition coefficient (Wildman–Crippen LogP) is 6.46. The second kappa shape index (κ2) is 6.80. The molecule has 0 saturated heterocycles. The number of hydrogen-bond donors (Lipinski definition) is 0. The molecule has 1 atom stereocenters. The van der Waals surface area contributed by atoms with Gasteiger partial charge in [-0.05, 0) is 67.8 Å². The van der Waals surface area contributed by atoms with Gasteiger partial charge in [0.15, 0.2) is 0 Å². The molecule has 0 bridgehead atoms. The minimum atomic E-state index is 0.432. The summed E-state index contributed by atoms with van der Waals surface area (Å²) in [5, 5.41) is 0. The number of rotatable bonds is 3. The molecule has 2 aromatic carbocycles. The molecule has 0 amide bonds. The van der Waals surface area contributed by atoms with E-state index >= 15 is 0 Å². The second-order valence-corrected chi connectivity index (χ2v) is 7.08. The van der Waals surface area contributed by atoms with Gasteiger partial charge in [-0.3, -0.25) is 0 Å². The topological polar surface area (TPSA) is 3.24 Å². The van der Waals surface area contributed by atoms with E-state index in [0.717, 1.165) is 8.95 Å². The lowest BCUT2D eigenvalue weighted by Crippen LogP contribution is -2.30. The summed E-state index contributed by atoms with van der Waals surface area (Å²) in [5.41, 5.74) is 2.47. The molecule has 0 aromatic heterocycles. The summed E-state index contributed by atoms with van der Waals surface area (Å²) < 4.78 is 2.22. The average molecular weight is 407 g/mol. The SMILES string of the molecule is Brc1ccc(N(c2ccc(Br)cc2)C2C=CCCC2)cc1. The summed E-state index contributed by atoms with van der Waals surface area (Å²) in [4.78, 5) is 2.43. The Morgan fingerprint density at radius 3 is 1.76 bits per heavy atom. The highest BCUT2D eigenvalue weighted by Crippen LogP contribution is 2.33. The van der Waals surface area contributed by atoms with Crippen molar-refractivity contribution >= 4 is 43.2 Å². The molecule has 0 heterocycles. The van der Waals surface area contributed by atoms with E-state index in [4.69, 9.17) is 0 Å². The number of halogens is 2. The normalized spacial score (nSPS) is 17.7. The van der Waals surface area contributed by atoms with Gasteiger partial charge in [0.1, 0.15) is 0 Å². The Morgan fingerprint density at radius 2 is 1.33 bits per heavy atom. The predicted molar refractivity (Wildman–Crippen MR) is 97.2 cm³/mol. The Bertz CT molecular complexity index is 571. The van der Waals surface area contributed by atoms with Gasteiger partial charge < -0.3 is 4.90 Å². The molecule has 3 heteroatoms. The fraction of sp³-hybridized carbons (Fsp3) is 0.222. The number of nitrogens with zero attached hydrogens (tertiary/aromatic N) is 1. The van der Waals surface area contributed by atoms with Crippen LogP contribution in [-0.2, 0) is 0 Å². The van der Waals surface area contributed by atoms with Crippen LogP contribution < -0.4 is 4.90 Å². The van der Waals surface area contributed by atoms with Crippen LogP contribution in [0.2, 0.25) is 0 Å². The third-order valence-corrected chi connectivity index (χ3v) is 4.83. The second-order valence-electron chi connectivity index (χ2n) is 5.25. The molecule has 2 aromatic rings. The highest BCUT2D eigenvalue weighted by atomic mass is 79.9. The molecule has 1 aliphatic carbocycles. The van der Waals surface area contributed by atoms with Crippen LogP contribution in [-0.4, -0.2) is 6.04 Å². The molecule has 0 aliphatic heterocycles. The van der Waals surface area contributed by atoms with Crippen LogP contribution in [0.1, 0.15) is 19.3 Å². The van der Waals surface area contributed by atoms with Crippen molar-refractivity contribution in [1.82, 2.24) is 0 Å². The summed E-state index contributed by atoms with van der Waals surface area (Å²) in [6.07, 6.45) is 8.30. The highest BCUT2D eigenvalue weighted by molar-refractivity contribution is 9.10. The van der Waals surface area contributed by atoms with Gasteiger partial charge in [-0.25, -0.2) is 0 Å². The Labute approximate surface area is 142 Å². The lowest BCUT2D eigenvalue weighted by molar-refractivity contribution is 0.631. The lowest BCUT2D eigenvalue weighted by atomic mass is 10.00. The first-order valence-electron chi connectivity index (χ1n) is 7.21. The van der Waals surface area contributed by atoms with Crippen molar-refractivity contribution in [2.75, 3.05) is 4.90 Å². The maximum atomic E-state index is 3.52. The molecule has 0 spiro atoms. The molecular weight excluding hydrogens is 390 g/mol. The van der Waals surface area contributed by atoms with Gasteiger partial charge in [0, 0.05) is 20.3 Å². The third kappa shape index (κ3) is 3.58. The molecule has 3 rings (SSSR count). The average Bonchev–Trinajstić information content (AvgIpc) is 2.52. The Hall–Kier alpha value is -1.06. The maximum absolute atomic E-state index is 3.52. The van der Waals surface area contributed by atoms with Gasteiger partial charge in [0.25, 0.3) is 0 Å². The van der Waals surface area contributed by atoms with Crippen LogP contribution in [0.5, 0.6) is 0 Å². The Kier molecular flexibility index (Phi) is 4.81. The fourth-order valence-corrected chi connectivity index (χ4v) is 3.27. The van der Waals surface area contributed by atoms with E-state index in [-0.39, 0.29) is 0 Å². The quantitative estimate of drug-likeness (QED) is 0.528. The summed E-state index contributed by atoms with van der Waals surface area (Å²) >= 11 is 7.04. The zero-order valence-electron chi connectivity index (χ0n) is 11.7. The molecule has 0 fully saturated rings. The van der Waals surface area contributed by atoms with E-state index < -0.39 is 0 Å². The van der Waals surface area contributed by atoms with Gasteiger partial charge in [-0.1, -0.05) is 44.0 Å². The van der Waals surface area contributed by atoms with E-state index in [2.05, 4.69) is 97.4 Å². The van der Waals surface area contributed by atoms with E-state index in [1.54, 1.807) is 0 Å². The standard InChI is InChI=1S/C18H17Br2N/c19-14-6-10-17(11-7-14)21(16-4-2-1-3-5-16)18-12-8-15(20)9-13-18/h2,4,6-13,16H,1,3,5H2. The molecule has 0 saturated carbocycles. The van der Waals surface area contributed by atoms with Crippen LogP contribution >= 0.6 is 31.9 Å². The van der Waals surface area contributed by atoms with Crippen LogP contribution in [0.3, 0.4) is 0 Å². The van der Waals surface area contributed by atoms with Gasteiger partial charge in [0.2, 0.25) is 0 Å². The molecule has 0 radical (unpaired) electrons. The first kappa shape index (κ1) is 14.9. The summed E-state index contributed by atoms with van der Waals surface area (Å²) in [6, 6.07) is 17.6. The van der Waals surface area contributed by atoms with E-state index in [1.165, 1.54) is 30.6 Å². The number of allylic oxidation sites excluding steroid dienone is 1. The minimum Gasteiger partial charge on any atom is -0.335 e. The van der Waals surface area contributed by atoms with Crippen LogP contribution in [0.25, 0.3) is 0 Å². The fourth-order valence-electron chi connectivity index (χ4n) is 2.74. The van der Waals surface area contributed by atoms with Gasteiger partial charge in [-0.2, -0.15) is 0 Å². The van der Waals surface area contributed by atoms with Gasteiger partial charge >= 0.3 is 0 Å². The highest BCUT2D eigenvalue weighted by Gasteiger charge is 2.19. The lowest BCUT2D eigenvalue weighted by Gasteiger charge is -2.33. The van der Waals surface area contributed by atoms with Crippen LogP contribution in [0, 0.1) is 0 Å². The smallest absolute Gasteiger partial charge is 0.0522 e. The van der Waals surface area contributed by atoms with E-state index in [1.807, 2.05) is 0 Å². The Morgan fingerprint density at radius 1 is 0.810 bits per heavy atom.